The molecule has 2 aromatic rings. The first kappa shape index (κ1) is 11.7. The fourth-order valence-corrected chi connectivity index (χ4v) is 1.76. The van der Waals surface area contributed by atoms with Gasteiger partial charge in [-0.05, 0) is 26.0 Å². The number of hydrogen-bond donors (Lipinski definition) is 1. The summed E-state index contributed by atoms with van der Waals surface area (Å²) in [7, 11) is 0. The van der Waals surface area contributed by atoms with Gasteiger partial charge in [0.15, 0.2) is 5.76 Å². The third kappa shape index (κ3) is 2.18. The quantitative estimate of drug-likeness (QED) is 0.863. The van der Waals surface area contributed by atoms with Gasteiger partial charge in [-0.3, -0.25) is 4.57 Å². The molecule has 0 fully saturated rings. The van der Waals surface area contributed by atoms with E-state index in [4.69, 9.17) is 4.42 Å². The lowest BCUT2D eigenvalue weighted by molar-refractivity contribution is 0.521. The van der Waals surface area contributed by atoms with Crippen molar-refractivity contribution in [3.8, 4) is 11.6 Å². The van der Waals surface area contributed by atoms with Crippen LogP contribution in [0.15, 0.2) is 16.5 Å². The number of anilines is 1. The third-order valence-electron chi connectivity index (χ3n) is 2.63. The molecule has 2 aromatic heterocycles. The number of nitrogens with one attached hydrogen (secondary N) is 1. The molecule has 0 amide bonds. The zero-order chi connectivity index (χ0) is 12.3. The molecule has 0 aliphatic rings. The minimum atomic E-state index is 0.778. The maximum Gasteiger partial charge on any atom is 0.224 e. The molecule has 0 saturated carbocycles. The predicted octanol–water partition coefficient (Wildman–Crippen LogP) is 2.55. The molecule has 5 nitrogen and oxygen atoms in total. The molecule has 0 saturated heterocycles. The maximum atomic E-state index is 5.70. The lowest BCUT2D eigenvalue weighted by Crippen LogP contribution is -2.06. The summed E-state index contributed by atoms with van der Waals surface area (Å²) in [6.07, 6.45) is 0.889. The number of aryl methyl sites for hydroxylation is 1. The van der Waals surface area contributed by atoms with E-state index < -0.39 is 0 Å². The highest BCUT2D eigenvalue weighted by Crippen LogP contribution is 2.23. The van der Waals surface area contributed by atoms with E-state index in [-0.39, 0.29) is 0 Å². The van der Waals surface area contributed by atoms with Gasteiger partial charge in [-0.2, -0.15) is 0 Å². The smallest absolute Gasteiger partial charge is 0.224 e. The number of rotatable bonds is 5. The summed E-state index contributed by atoms with van der Waals surface area (Å²) in [5.41, 5.74) is 0. The number of hydrogen-bond acceptors (Lipinski definition) is 4. The second-order valence-corrected chi connectivity index (χ2v) is 3.74. The van der Waals surface area contributed by atoms with Crippen LogP contribution in [0, 0.1) is 0 Å². The van der Waals surface area contributed by atoms with Gasteiger partial charge in [-0.25, -0.2) is 0 Å². The van der Waals surface area contributed by atoms with Crippen molar-refractivity contribution in [2.45, 2.75) is 33.7 Å². The Morgan fingerprint density at radius 2 is 2.06 bits per heavy atom. The van der Waals surface area contributed by atoms with Gasteiger partial charge in [0, 0.05) is 19.5 Å². The van der Waals surface area contributed by atoms with E-state index in [1.54, 1.807) is 0 Å². The Labute approximate surface area is 101 Å². The molecule has 0 aliphatic heterocycles. The zero-order valence-electron chi connectivity index (χ0n) is 10.5. The van der Waals surface area contributed by atoms with Crippen molar-refractivity contribution in [3.05, 3.63) is 17.9 Å². The van der Waals surface area contributed by atoms with Gasteiger partial charge < -0.3 is 9.73 Å². The maximum absolute atomic E-state index is 5.70. The molecule has 0 aliphatic carbocycles. The zero-order valence-corrected chi connectivity index (χ0v) is 10.5. The summed E-state index contributed by atoms with van der Waals surface area (Å²) >= 11 is 0. The van der Waals surface area contributed by atoms with E-state index in [0.717, 1.165) is 42.8 Å². The Hall–Kier alpha value is -1.78. The van der Waals surface area contributed by atoms with Crippen LogP contribution in [0.2, 0.25) is 0 Å². The highest BCUT2D eigenvalue weighted by Gasteiger charge is 2.14. The van der Waals surface area contributed by atoms with Gasteiger partial charge in [-0.15, -0.1) is 10.2 Å². The van der Waals surface area contributed by atoms with Crippen LogP contribution in [-0.4, -0.2) is 21.3 Å². The molecular formula is C12H18N4O. The number of furan rings is 1. The van der Waals surface area contributed by atoms with Crippen LogP contribution in [0.3, 0.4) is 0 Å². The van der Waals surface area contributed by atoms with E-state index in [1.807, 2.05) is 23.6 Å². The van der Waals surface area contributed by atoms with Crippen molar-refractivity contribution >= 4 is 5.95 Å². The van der Waals surface area contributed by atoms with Crippen molar-refractivity contribution in [1.82, 2.24) is 14.8 Å². The molecule has 0 radical (unpaired) electrons. The van der Waals surface area contributed by atoms with Crippen LogP contribution >= 0.6 is 0 Å². The molecular weight excluding hydrogens is 216 g/mol. The Balaban J connectivity index is 2.37. The normalized spacial score (nSPS) is 10.8. The summed E-state index contributed by atoms with van der Waals surface area (Å²) < 4.78 is 7.72. The van der Waals surface area contributed by atoms with Crippen molar-refractivity contribution in [2.24, 2.45) is 0 Å². The van der Waals surface area contributed by atoms with E-state index in [2.05, 4.69) is 29.4 Å². The Morgan fingerprint density at radius 1 is 1.24 bits per heavy atom. The SMILES string of the molecule is CCNc1nnc(-c2ccc(CC)o2)n1CC. The molecule has 0 unspecified atom stereocenters. The average Bonchev–Trinajstić information content (AvgIpc) is 2.94. The van der Waals surface area contributed by atoms with E-state index in [9.17, 15) is 0 Å². The standard InChI is InChI=1S/C12H18N4O/c1-4-9-7-8-10(17-9)11-14-15-12(13-5-2)16(11)6-3/h7-8H,4-6H2,1-3H3,(H,13,15). The highest BCUT2D eigenvalue weighted by molar-refractivity contribution is 5.50. The van der Waals surface area contributed by atoms with Crippen molar-refractivity contribution in [3.63, 3.8) is 0 Å². The van der Waals surface area contributed by atoms with E-state index in [1.165, 1.54) is 0 Å². The van der Waals surface area contributed by atoms with E-state index in [0.29, 0.717) is 0 Å². The van der Waals surface area contributed by atoms with Gasteiger partial charge in [0.05, 0.1) is 0 Å². The molecule has 2 rings (SSSR count). The average molecular weight is 234 g/mol. The summed E-state index contributed by atoms with van der Waals surface area (Å²) in [6.45, 7) is 7.81. The third-order valence-corrected chi connectivity index (χ3v) is 2.63. The van der Waals surface area contributed by atoms with E-state index >= 15 is 0 Å². The van der Waals surface area contributed by atoms with Gasteiger partial charge in [0.2, 0.25) is 11.8 Å². The van der Waals surface area contributed by atoms with Crippen LogP contribution < -0.4 is 5.32 Å². The monoisotopic (exact) mass is 234 g/mol. The lowest BCUT2D eigenvalue weighted by Gasteiger charge is -2.06. The Bertz CT molecular complexity index is 486. The first-order valence-corrected chi connectivity index (χ1v) is 6.06. The van der Waals surface area contributed by atoms with Crippen LogP contribution in [0.1, 0.15) is 26.5 Å². The second-order valence-electron chi connectivity index (χ2n) is 3.74. The lowest BCUT2D eigenvalue weighted by atomic mass is 10.3. The molecule has 2 heterocycles. The second kappa shape index (κ2) is 5.03. The summed E-state index contributed by atoms with van der Waals surface area (Å²) in [4.78, 5) is 0. The largest absolute Gasteiger partial charge is 0.458 e. The molecule has 5 heteroatoms. The molecule has 0 aromatic carbocycles. The molecule has 92 valence electrons. The van der Waals surface area contributed by atoms with Crippen molar-refractivity contribution < 1.29 is 4.42 Å². The summed E-state index contributed by atoms with van der Waals surface area (Å²) in [6, 6.07) is 3.93. The van der Waals surface area contributed by atoms with Crippen molar-refractivity contribution in [2.75, 3.05) is 11.9 Å². The first-order chi connectivity index (χ1) is 8.30. The Morgan fingerprint density at radius 3 is 2.65 bits per heavy atom. The molecule has 1 N–H and O–H groups in total. The summed E-state index contributed by atoms with van der Waals surface area (Å²) in [5.74, 6) is 3.32. The molecule has 0 bridgehead atoms. The predicted molar refractivity (Wildman–Crippen MR) is 66.9 cm³/mol. The molecule has 0 spiro atoms. The minimum Gasteiger partial charge on any atom is -0.458 e. The Kier molecular flexibility index (Phi) is 3.46. The van der Waals surface area contributed by atoms with Gasteiger partial charge in [0.25, 0.3) is 0 Å². The first-order valence-electron chi connectivity index (χ1n) is 6.06. The van der Waals surface area contributed by atoms with Crippen LogP contribution in [-0.2, 0) is 13.0 Å². The van der Waals surface area contributed by atoms with Gasteiger partial charge in [0.1, 0.15) is 5.76 Å². The van der Waals surface area contributed by atoms with Crippen LogP contribution in [0.4, 0.5) is 5.95 Å². The fraction of sp³-hybridized carbons (Fsp3) is 0.500. The highest BCUT2D eigenvalue weighted by atomic mass is 16.3. The molecule has 17 heavy (non-hydrogen) atoms. The van der Waals surface area contributed by atoms with Gasteiger partial charge in [-0.1, -0.05) is 6.92 Å². The minimum absolute atomic E-state index is 0.778. The molecule has 0 atom stereocenters. The van der Waals surface area contributed by atoms with Crippen LogP contribution in [0.5, 0.6) is 0 Å². The van der Waals surface area contributed by atoms with Crippen molar-refractivity contribution in [1.29, 1.82) is 0 Å². The topological polar surface area (TPSA) is 55.9 Å². The summed E-state index contributed by atoms with van der Waals surface area (Å²) in [5, 5.41) is 11.5. The number of nitrogens with zero attached hydrogens (tertiary/aromatic N) is 3. The van der Waals surface area contributed by atoms with Crippen LogP contribution in [0.25, 0.3) is 11.6 Å². The number of aromatic nitrogens is 3. The fourth-order valence-electron chi connectivity index (χ4n) is 1.76. The van der Waals surface area contributed by atoms with Gasteiger partial charge >= 0.3 is 0 Å².